The summed E-state index contributed by atoms with van der Waals surface area (Å²) in [4.78, 5) is 16.8. The van der Waals surface area contributed by atoms with Crippen molar-refractivity contribution in [1.82, 2.24) is 15.1 Å². The maximum atomic E-state index is 12.0. The molecule has 1 unspecified atom stereocenters. The van der Waals surface area contributed by atoms with Crippen molar-refractivity contribution >= 4 is 5.97 Å². The predicted octanol–water partition coefficient (Wildman–Crippen LogP) is 0.308. The molecule has 0 amide bonds. The molecule has 1 heterocycles. The van der Waals surface area contributed by atoms with Gasteiger partial charge >= 0.3 is 5.97 Å². The maximum Gasteiger partial charge on any atom is 0.324 e. The first kappa shape index (κ1) is 14.8. The van der Waals surface area contributed by atoms with E-state index in [-0.39, 0.29) is 12.0 Å². The third-order valence-electron chi connectivity index (χ3n) is 3.94. The predicted molar refractivity (Wildman–Crippen MR) is 75.1 cm³/mol. The van der Waals surface area contributed by atoms with Crippen LogP contribution in [0.5, 0.6) is 0 Å². The lowest BCUT2D eigenvalue weighted by atomic mass is 10.2. The number of ether oxygens (including phenoxy) is 1. The van der Waals surface area contributed by atoms with E-state index in [0.29, 0.717) is 12.6 Å². The van der Waals surface area contributed by atoms with E-state index in [4.69, 9.17) is 4.74 Å². The molecule has 5 heteroatoms. The van der Waals surface area contributed by atoms with Crippen LogP contribution in [0.4, 0.5) is 0 Å². The van der Waals surface area contributed by atoms with E-state index >= 15 is 0 Å². The van der Waals surface area contributed by atoms with E-state index in [1.807, 2.05) is 6.92 Å². The van der Waals surface area contributed by atoms with E-state index in [9.17, 15) is 4.79 Å². The topological polar surface area (TPSA) is 44.8 Å². The zero-order chi connectivity index (χ0) is 13.7. The third kappa shape index (κ3) is 4.75. The summed E-state index contributed by atoms with van der Waals surface area (Å²) in [6, 6.07) is 0.381. The summed E-state index contributed by atoms with van der Waals surface area (Å²) in [5.41, 5.74) is 0. The fourth-order valence-corrected chi connectivity index (χ4v) is 2.52. The van der Waals surface area contributed by atoms with Crippen LogP contribution in [0.3, 0.4) is 0 Å². The van der Waals surface area contributed by atoms with Gasteiger partial charge in [-0.2, -0.15) is 0 Å². The van der Waals surface area contributed by atoms with Crippen molar-refractivity contribution in [2.24, 2.45) is 0 Å². The third-order valence-corrected chi connectivity index (χ3v) is 3.94. The van der Waals surface area contributed by atoms with Gasteiger partial charge in [0.1, 0.15) is 6.04 Å². The van der Waals surface area contributed by atoms with Gasteiger partial charge in [0.15, 0.2) is 0 Å². The lowest BCUT2D eigenvalue weighted by molar-refractivity contribution is -0.146. The fraction of sp³-hybridized carbons (Fsp3) is 0.929. The van der Waals surface area contributed by atoms with Gasteiger partial charge in [-0.1, -0.05) is 6.92 Å². The standard InChI is InChI=1S/C14H27N3O2/c1-3-16-7-9-17(10-8-16)11-13(14(18)19-4-2)15-12-5-6-12/h12-13,15H,3-11H2,1-2H3. The molecule has 1 aliphatic carbocycles. The molecule has 2 aliphatic rings. The molecule has 2 rings (SSSR count). The molecule has 1 saturated carbocycles. The fourth-order valence-electron chi connectivity index (χ4n) is 2.52. The van der Waals surface area contributed by atoms with Crippen molar-refractivity contribution in [3.05, 3.63) is 0 Å². The van der Waals surface area contributed by atoms with Crippen LogP contribution in [-0.2, 0) is 9.53 Å². The molecule has 5 nitrogen and oxygen atoms in total. The van der Waals surface area contributed by atoms with Crippen molar-refractivity contribution < 1.29 is 9.53 Å². The Balaban J connectivity index is 1.79. The highest BCUT2D eigenvalue weighted by atomic mass is 16.5. The second-order valence-electron chi connectivity index (χ2n) is 5.48. The second-order valence-corrected chi connectivity index (χ2v) is 5.48. The number of hydrogen-bond donors (Lipinski definition) is 1. The van der Waals surface area contributed by atoms with Gasteiger partial charge in [0.2, 0.25) is 0 Å². The molecule has 1 atom stereocenters. The number of carbonyl (C=O) groups is 1. The molecule has 0 aromatic heterocycles. The minimum Gasteiger partial charge on any atom is -0.465 e. The van der Waals surface area contributed by atoms with Crippen LogP contribution in [0.15, 0.2) is 0 Å². The van der Waals surface area contributed by atoms with Crippen molar-refractivity contribution in [2.45, 2.75) is 38.8 Å². The number of nitrogens with zero attached hydrogens (tertiary/aromatic N) is 2. The number of likely N-dealkylation sites (N-methyl/N-ethyl adjacent to an activating group) is 1. The lowest BCUT2D eigenvalue weighted by Crippen LogP contribution is -2.53. The quantitative estimate of drug-likeness (QED) is 0.674. The molecule has 0 aromatic rings. The summed E-state index contributed by atoms with van der Waals surface area (Å²) in [5.74, 6) is -0.0904. The van der Waals surface area contributed by atoms with E-state index in [2.05, 4.69) is 22.0 Å². The molecule has 0 aromatic carbocycles. The van der Waals surface area contributed by atoms with Gasteiger partial charge in [0.25, 0.3) is 0 Å². The Kier molecular flexibility index (Phi) is 5.60. The first-order valence-electron chi connectivity index (χ1n) is 7.60. The number of carbonyl (C=O) groups excluding carboxylic acids is 1. The number of rotatable bonds is 7. The molecule has 0 bridgehead atoms. The van der Waals surface area contributed by atoms with E-state index in [1.54, 1.807) is 0 Å². The van der Waals surface area contributed by atoms with Crippen LogP contribution in [0, 0.1) is 0 Å². The molecule has 0 spiro atoms. The van der Waals surface area contributed by atoms with E-state index in [0.717, 1.165) is 39.3 Å². The summed E-state index contributed by atoms with van der Waals surface area (Å²) in [7, 11) is 0. The Morgan fingerprint density at radius 1 is 1.21 bits per heavy atom. The van der Waals surface area contributed by atoms with Crippen LogP contribution >= 0.6 is 0 Å². The van der Waals surface area contributed by atoms with Gasteiger partial charge in [-0.25, -0.2) is 0 Å². The average Bonchev–Trinajstić information content (AvgIpc) is 3.23. The van der Waals surface area contributed by atoms with Crippen molar-refractivity contribution in [3.8, 4) is 0 Å². The van der Waals surface area contributed by atoms with Crippen LogP contribution in [-0.4, -0.2) is 73.7 Å². The molecule has 2 fully saturated rings. The summed E-state index contributed by atoms with van der Waals surface area (Å²) in [5, 5.41) is 3.42. The van der Waals surface area contributed by atoms with Gasteiger partial charge in [-0.05, 0) is 26.3 Å². The SMILES string of the molecule is CCOC(=O)C(CN1CCN(CC)CC1)NC1CC1. The molecule has 1 aliphatic heterocycles. The minimum absolute atomic E-state index is 0.0904. The number of esters is 1. The summed E-state index contributed by atoms with van der Waals surface area (Å²) >= 11 is 0. The van der Waals surface area contributed by atoms with Crippen molar-refractivity contribution in [2.75, 3.05) is 45.9 Å². The zero-order valence-corrected chi connectivity index (χ0v) is 12.2. The van der Waals surface area contributed by atoms with Gasteiger partial charge in [0, 0.05) is 38.8 Å². The van der Waals surface area contributed by atoms with Crippen LogP contribution < -0.4 is 5.32 Å². The average molecular weight is 269 g/mol. The van der Waals surface area contributed by atoms with Crippen LogP contribution in [0.25, 0.3) is 0 Å². The molecular formula is C14H27N3O2. The Hall–Kier alpha value is -0.650. The summed E-state index contributed by atoms with van der Waals surface area (Å²) < 4.78 is 5.18. The minimum atomic E-state index is -0.152. The van der Waals surface area contributed by atoms with Crippen molar-refractivity contribution in [1.29, 1.82) is 0 Å². The molecule has 19 heavy (non-hydrogen) atoms. The Morgan fingerprint density at radius 2 is 1.84 bits per heavy atom. The molecule has 1 saturated heterocycles. The van der Waals surface area contributed by atoms with Crippen molar-refractivity contribution in [3.63, 3.8) is 0 Å². The second kappa shape index (κ2) is 7.22. The lowest BCUT2D eigenvalue weighted by Gasteiger charge is -2.35. The molecule has 0 radical (unpaired) electrons. The first-order chi connectivity index (χ1) is 9.22. The number of hydrogen-bond acceptors (Lipinski definition) is 5. The first-order valence-corrected chi connectivity index (χ1v) is 7.60. The maximum absolute atomic E-state index is 12.0. The summed E-state index contributed by atoms with van der Waals surface area (Å²) in [6.07, 6.45) is 2.39. The Bertz CT molecular complexity index is 286. The Labute approximate surface area is 116 Å². The summed E-state index contributed by atoms with van der Waals surface area (Å²) in [6.45, 7) is 10.8. The molecule has 110 valence electrons. The van der Waals surface area contributed by atoms with E-state index < -0.39 is 0 Å². The molecule has 1 N–H and O–H groups in total. The number of nitrogens with one attached hydrogen (secondary N) is 1. The number of piperazine rings is 1. The van der Waals surface area contributed by atoms with Gasteiger partial charge in [0.05, 0.1) is 6.61 Å². The van der Waals surface area contributed by atoms with Crippen LogP contribution in [0.2, 0.25) is 0 Å². The van der Waals surface area contributed by atoms with E-state index in [1.165, 1.54) is 12.8 Å². The normalized spacial score (nSPS) is 23.3. The highest BCUT2D eigenvalue weighted by Crippen LogP contribution is 2.20. The monoisotopic (exact) mass is 269 g/mol. The highest BCUT2D eigenvalue weighted by molar-refractivity contribution is 5.76. The largest absolute Gasteiger partial charge is 0.465 e. The van der Waals surface area contributed by atoms with Gasteiger partial charge < -0.3 is 15.0 Å². The zero-order valence-electron chi connectivity index (χ0n) is 12.2. The highest BCUT2D eigenvalue weighted by Gasteiger charge is 2.31. The molecular weight excluding hydrogens is 242 g/mol. The smallest absolute Gasteiger partial charge is 0.324 e. The van der Waals surface area contributed by atoms with Gasteiger partial charge in [-0.3, -0.25) is 9.69 Å². The van der Waals surface area contributed by atoms with Crippen LogP contribution in [0.1, 0.15) is 26.7 Å². The Morgan fingerprint density at radius 3 is 2.37 bits per heavy atom. The van der Waals surface area contributed by atoms with Gasteiger partial charge in [-0.15, -0.1) is 0 Å².